The van der Waals surface area contributed by atoms with Gasteiger partial charge in [0.1, 0.15) is 6.33 Å². The normalized spacial score (nSPS) is 14.4. The molecule has 0 saturated carbocycles. The number of carbonyl (C=O) groups is 1. The maximum Gasteiger partial charge on any atom is 0.231 e. The van der Waals surface area contributed by atoms with Crippen molar-refractivity contribution in [2.75, 3.05) is 28.6 Å². The Labute approximate surface area is 176 Å². The number of amides is 1. The lowest BCUT2D eigenvalue weighted by atomic mass is 9.90. The summed E-state index contributed by atoms with van der Waals surface area (Å²) in [6, 6.07) is 18.1. The third-order valence-corrected chi connectivity index (χ3v) is 5.26. The number of anilines is 4. The number of hydrogen-bond donors (Lipinski definition) is 2. The van der Waals surface area contributed by atoms with Gasteiger partial charge >= 0.3 is 0 Å². The first-order valence-corrected chi connectivity index (χ1v) is 10.3. The molecule has 0 spiro atoms. The van der Waals surface area contributed by atoms with E-state index in [0.717, 1.165) is 43.7 Å². The fraction of sp³-hybridized carbons (Fsp3) is 0.304. The van der Waals surface area contributed by atoms with Crippen molar-refractivity contribution in [3.05, 3.63) is 66.5 Å². The van der Waals surface area contributed by atoms with E-state index in [0.29, 0.717) is 17.8 Å². The predicted molar refractivity (Wildman–Crippen MR) is 119 cm³/mol. The van der Waals surface area contributed by atoms with Gasteiger partial charge in [-0.05, 0) is 48.9 Å². The maximum absolute atomic E-state index is 11.3. The molecule has 1 aromatic heterocycles. The number of piperidine rings is 1. The molecule has 0 radical (unpaired) electrons. The average Bonchev–Trinajstić information content (AvgIpc) is 2.75. The second kappa shape index (κ2) is 9.35. The van der Waals surface area contributed by atoms with Crippen molar-refractivity contribution in [1.29, 1.82) is 0 Å². The average molecular weight is 403 g/mol. The summed E-state index contributed by atoms with van der Waals surface area (Å²) in [7, 11) is 0. The van der Waals surface area contributed by atoms with Crippen LogP contribution in [-0.4, -0.2) is 33.9 Å². The molecule has 2 aromatic carbocycles. The molecule has 2 heterocycles. The molecule has 1 saturated heterocycles. The molecule has 1 amide bonds. The summed E-state index contributed by atoms with van der Waals surface area (Å²) < 4.78 is 0. The minimum Gasteiger partial charge on any atom is -0.341 e. The summed E-state index contributed by atoms with van der Waals surface area (Å²) in [6.07, 6.45) is 4.92. The highest BCUT2D eigenvalue weighted by Crippen LogP contribution is 2.25. The molecule has 154 valence electrons. The molecule has 0 unspecified atom stereocenters. The first-order chi connectivity index (χ1) is 14.7. The molecule has 3 aromatic rings. The van der Waals surface area contributed by atoms with Crippen molar-refractivity contribution in [1.82, 2.24) is 15.0 Å². The molecule has 1 aliphatic rings. The van der Waals surface area contributed by atoms with Gasteiger partial charge in [-0.15, -0.1) is 0 Å². The zero-order chi connectivity index (χ0) is 20.8. The third kappa shape index (κ3) is 5.31. The van der Waals surface area contributed by atoms with Crippen LogP contribution < -0.4 is 15.5 Å². The molecule has 1 aliphatic heterocycles. The molecule has 4 rings (SSSR count). The van der Waals surface area contributed by atoms with Crippen LogP contribution in [0.15, 0.2) is 60.9 Å². The van der Waals surface area contributed by atoms with Crippen LogP contribution >= 0.6 is 0 Å². The second-order valence-corrected chi connectivity index (χ2v) is 7.62. The fourth-order valence-corrected chi connectivity index (χ4v) is 3.79. The molecular formula is C23H26N6O. The molecule has 2 N–H and O–H groups in total. The first-order valence-electron chi connectivity index (χ1n) is 10.3. The zero-order valence-electron chi connectivity index (χ0n) is 17.1. The van der Waals surface area contributed by atoms with Crippen molar-refractivity contribution in [2.45, 2.75) is 26.2 Å². The van der Waals surface area contributed by atoms with Crippen molar-refractivity contribution < 1.29 is 4.79 Å². The van der Waals surface area contributed by atoms with E-state index in [9.17, 15) is 4.79 Å². The molecule has 0 aliphatic carbocycles. The smallest absolute Gasteiger partial charge is 0.231 e. The first kappa shape index (κ1) is 19.8. The standard InChI is InChI=1S/C23H26N6O/c1-17(30)26-20-8-5-9-21(15-20)27-22-24-16-25-23(28-22)29-12-10-19(11-13-29)14-18-6-3-2-4-7-18/h2-9,15-16,19H,10-14H2,1H3,(H,26,30)(H,24,25,27,28). The minimum absolute atomic E-state index is 0.106. The Kier molecular flexibility index (Phi) is 6.17. The van der Waals surface area contributed by atoms with Crippen LogP contribution in [0.5, 0.6) is 0 Å². The number of aromatic nitrogens is 3. The van der Waals surface area contributed by atoms with Crippen LogP contribution in [0.1, 0.15) is 25.3 Å². The van der Waals surface area contributed by atoms with Crippen LogP contribution in [0.3, 0.4) is 0 Å². The van der Waals surface area contributed by atoms with Crippen LogP contribution in [0.4, 0.5) is 23.3 Å². The van der Waals surface area contributed by atoms with E-state index in [1.165, 1.54) is 12.5 Å². The fourth-order valence-electron chi connectivity index (χ4n) is 3.79. The van der Waals surface area contributed by atoms with E-state index >= 15 is 0 Å². The Hall–Kier alpha value is -3.48. The zero-order valence-corrected chi connectivity index (χ0v) is 17.1. The van der Waals surface area contributed by atoms with Crippen LogP contribution in [0.25, 0.3) is 0 Å². The molecular weight excluding hydrogens is 376 g/mol. The van der Waals surface area contributed by atoms with Gasteiger partial charge < -0.3 is 15.5 Å². The highest BCUT2D eigenvalue weighted by molar-refractivity contribution is 5.89. The molecule has 0 bridgehead atoms. The van der Waals surface area contributed by atoms with Gasteiger partial charge in [-0.2, -0.15) is 4.98 Å². The Bertz CT molecular complexity index is 986. The molecule has 30 heavy (non-hydrogen) atoms. The Morgan fingerprint density at radius 3 is 2.57 bits per heavy atom. The molecule has 1 fully saturated rings. The van der Waals surface area contributed by atoms with Crippen LogP contribution in [0, 0.1) is 5.92 Å². The van der Waals surface area contributed by atoms with Gasteiger partial charge in [-0.1, -0.05) is 36.4 Å². The lowest BCUT2D eigenvalue weighted by Gasteiger charge is -2.32. The summed E-state index contributed by atoms with van der Waals surface area (Å²) in [6.45, 7) is 3.37. The van der Waals surface area contributed by atoms with E-state index in [-0.39, 0.29) is 5.91 Å². The van der Waals surface area contributed by atoms with E-state index in [2.05, 4.69) is 60.8 Å². The Morgan fingerprint density at radius 1 is 1.03 bits per heavy atom. The van der Waals surface area contributed by atoms with Crippen molar-refractivity contribution in [2.24, 2.45) is 5.92 Å². The van der Waals surface area contributed by atoms with E-state index in [1.807, 2.05) is 24.3 Å². The third-order valence-electron chi connectivity index (χ3n) is 5.26. The van der Waals surface area contributed by atoms with E-state index in [4.69, 9.17) is 0 Å². The van der Waals surface area contributed by atoms with Gasteiger partial charge in [0.25, 0.3) is 0 Å². The summed E-state index contributed by atoms with van der Waals surface area (Å²) >= 11 is 0. The summed E-state index contributed by atoms with van der Waals surface area (Å²) in [5, 5.41) is 5.97. The van der Waals surface area contributed by atoms with Crippen molar-refractivity contribution in [3.8, 4) is 0 Å². The number of rotatable bonds is 6. The number of nitrogens with zero attached hydrogens (tertiary/aromatic N) is 4. The summed E-state index contributed by atoms with van der Waals surface area (Å²) in [4.78, 5) is 26.7. The van der Waals surface area contributed by atoms with Crippen molar-refractivity contribution >= 4 is 29.2 Å². The van der Waals surface area contributed by atoms with Gasteiger partial charge in [0.2, 0.25) is 17.8 Å². The summed E-state index contributed by atoms with van der Waals surface area (Å²) in [5.74, 6) is 1.78. The molecule has 0 atom stereocenters. The number of hydrogen-bond acceptors (Lipinski definition) is 6. The summed E-state index contributed by atoms with van der Waals surface area (Å²) in [5.41, 5.74) is 2.94. The van der Waals surface area contributed by atoms with E-state index < -0.39 is 0 Å². The van der Waals surface area contributed by atoms with Gasteiger partial charge in [0.15, 0.2) is 0 Å². The van der Waals surface area contributed by atoms with Gasteiger partial charge in [-0.3, -0.25) is 4.79 Å². The Morgan fingerprint density at radius 2 is 1.80 bits per heavy atom. The maximum atomic E-state index is 11.3. The second-order valence-electron chi connectivity index (χ2n) is 7.62. The monoisotopic (exact) mass is 402 g/mol. The van der Waals surface area contributed by atoms with Gasteiger partial charge in [0.05, 0.1) is 0 Å². The SMILES string of the molecule is CC(=O)Nc1cccc(Nc2ncnc(N3CCC(Cc4ccccc4)CC3)n2)c1. The lowest BCUT2D eigenvalue weighted by Crippen LogP contribution is -2.35. The Balaban J connectivity index is 1.36. The van der Waals surface area contributed by atoms with Gasteiger partial charge in [0, 0.05) is 31.4 Å². The number of nitrogens with one attached hydrogen (secondary N) is 2. The van der Waals surface area contributed by atoms with Gasteiger partial charge in [-0.25, -0.2) is 9.97 Å². The quantitative estimate of drug-likeness (QED) is 0.648. The topological polar surface area (TPSA) is 83.0 Å². The molecule has 7 heteroatoms. The minimum atomic E-state index is -0.106. The largest absolute Gasteiger partial charge is 0.341 e. The van der Waals surface area contributed by atoms with Crippen LogP contribution in [-0.2, 0) is 11.2 Å². The predicted octanol–water partition coefficient (Wildman–Crippen LogP) is 4.03. The van der Waals surface area contributed by atoms with Crippen LogP contribution in [0.2, 0.25) is 0 Å². The number of carbonyl (C=O) groups excluding carboxylic acids is 1. The highest BCUT2D eigenvalue weighted by atomic mass is 16.1. The molecule has 7 nitrogen and oxygen atoms in total. The highest BCUT2D eigenvalue weighted by Gasteiger charge is 2.21. The van der Waals surface area contributed by atoms with E-state index in [1.54, 1.807) is 6.33 Å². The van der Waals surface area contributed by atoms with Crippen molar-refractivity contribution in [3.63, 3.8) is 0 Å². The lowest BCUT2D eigenvalue weighted by molar-refractivity contribution is -0.114. The number of benzene rings is 2.